The van der Waals surface area contributed by atoms with Gasteiger partial charge in [0.15, 0.2) is 0 Å². The monoisotopic (exact) mass is 285 g/mol. The van der Waals surface area contributed by atoms with Gasteiger partial charge in [-0.25, -0.2) is 9.97 Å². The minimum absolute atomic E-state index is 0.334. The molecule has 4 nitrogen and oxygen atoms in total. The third kappa shape index (κ3) is 3.30. The van der Waals surface area contributed by atoms with Crippen molar-refractivity contribution in [3.8, 4) is 0 Å². The zero-order valence-electron chi connectivity index (χ0n) is 10.9. The van der Waals surface area contributed by atoms with E-state index in [-0.39, 0.29) is 0 Å². The summed E-state index contributed by atoms with van der Waals surface area (Å²) in [5, 5.41) is 1.63. The molecule has 1 aliphatic rings. The Labute approximate surface area is 116 Å². The molecule has 2 N–H and O–H groups in total. The number of aromatic nitrogens is 2. The minimum Gasteiger partial charge on any atom is -0.384 e. The average molecular weight is 285 g/mol. The lowest BCUT2D eigenvalue weighted by molar-refractivity contribution is 0.181. The first kappa shape index (κ1) is 14.0. The molecule has 0 amide bonds. The third-order valence-corrected chi connectivity index (χ3v) is 6.33. The van der Waals surface area contributed by atoms with E-state index in [1.165, 1.54) is 0 Å². The number of hydrogen-bond acceptors (Lipinski definition) is 6. The lowest BCUT2D eigenvalue weighted by atomic mass is 10.3. The summed E-state index contributed by atoms with van der Waals surface area (Å²) in [7, 11) is 1.66. The molecule has 1 saturated heterocycles. The number of thioether (sulfide) groups is 2. The number of ether oxygens (including phenoxy) is 1. The zero-order chi connectivity index (χ0) is 13.1. The van der Waals surface area contributed by atoms with Gasteiger partial charge in [0.05, 0.1) is 17.6 Å². The molecule has 0 aliphatic carbocycles. The van der Waals surface area contributed by atoms with E-state index in [0.717, 1.165) is 17.3 Å². The maximum atomic E-state index is 5.84. The molecule has 18 heavy (non-hydrogen) atoms. The fraction of sp³-hybridized carbons (Fsp3) is 0.667. The number of nitrogens with zero attached hydrogens (tertiary/aromatic N) is 2. The smallest absolute Gasteiger partial charge is 0.144 e. The number of rotatable bonds is 3. The van der Waals surface area contributed by atoms with E-state index in [9.17, 15) is 0 Å². The lowest BCUT2D eigenvalue weighted by Gasteiger charge is -2.30. The van der Waals surface area contributed by atoms with E-state index in [0.29, 0.717) is 28.2 Å². The molecule has 100 valence electrons. The standard InChI is InChI=1S/C12H19N3OS2/c1-7-8(2)18-10(6-17-7)12-14-9(5-16-3)4-11(13)15-12/h4,7-8,10H,5-6H2,1-3H3,(H2,13,14,15). The molecule has 0 spiro atoms. The largest absolute Gasteiger partial charge is 0.384 e. The van der Waals surface area contributed by atoms with E-state index in [4.69, 9.17) is 10.5 Å². The van der Waals surface area contributed by atoms with Gasteiger partial charge >= 0.3 is 0 Å². The minimum atomic E-state index is 0.334. The average Bonchev–Trinajstić information content (AvgIpc) is 2.32. The molecule has 2 rings (SSSR count). The van der Waals surface area contributed by atoms with E-state index in [1.54, 1.807) is 13.2 Å². The topological polar surface area (TPSA) is 61.0 Å². The van der Waals surface area contributed by atoms with Crippen LogP contribution in [0.1, 0.15) is 30.6 Å². The van der Waals surface area contributed by atoms with Crippen LogP contribution in [0.4, 0.5) is 5.82 Å². The van der Waals surface area contributed by atoms with Gasteiger partial charge in [0.25, 0.3) is 0 Å². The summed E-state index contributed by atoms with van der Waals surface area (Å²) in [6.07, 6.45) is 0. The van der Waals surface area contributed by atoms with Crippen LogP contribution in [0.15, 0.2) is 6.07 Å². The maximum Gasteiger partial charge on any atom is 0.144 e. The van der Waals surface area contributed by atoms with Crippen LogP contribution < -0.4 is 5.73 Å². The van der Waals surface area contributed by atoms with E-state index >= 15 is 0 Å². The highest BCUT2D eigenvalue weighted by atomic mass is 32.2. The van der Waals surface area contributed by atoms with Crippen molar-refractivity contribution in [2.75, 3.05) is 18.6 Å². The van der Waals surface area contributed by atoms with Crippen LogP contribution in [-0.2, 0) is 11.3 Å². The van der Waals surface area contributed by atoms with Gasteiger partial charge in [0, 0.05) is 29.4 Å². The molecule has 6 heteroatoms. The quantitative estimate of drug-likeness (QED) is 0.920. The number of hydrogen-bond donors (Lipinski definition) is 1. The summed E-state index contributed by atoms with van der Waals surface area (Å²) < 4.78 is 5.11. The highest BCUT2D eigenvalue weighted by Crippen LogP contribution is 2.43. The molecular weight excluding hydrogens is 266 g/mol. The Bertz CT molecular complexity index is 416. The fourth-order valence-electron chi connectivity index (χ4n) is 1.82. The number of nitrogens with two attached hydrogens (primary N) is 1. The molecule has 3 unspecified atom stereocenters. The second-order valence-electron chi connectivity index (χ2n) is 4.44. The van der Waals surface area contributed by atoms with Crippen molar-refractivity contribution in [2.45, 2.75) is 36.2 Å². The van der Waals surface area contributed by atoms with Crippen LogP contribution in [0.25, 0.3) is 0 Å². The second-order valence-corrected chi connectivity index (χ2v) is 7.44. The normalized spacial score (nSPS) is 28.3. The first-order chi connectivity index (χ1) is 8.60. The van der Waals surface area contributed by atoms with E-state index in [2.05, 4.69) is 23.8 Å². The van der Waals surface area contributed by atoms with Crippen molar-refractivity contribution >= 4 is 29.3 Å². The number of methoxy groups -OCH3 is 1. The van der Waals surface area contributed by atoms with Crippen LogP contribution in [0, 0.1) is 0 Å². The van der Waals surface area contributed by atoms with Crippen LogP contribution in [0.2, 0.25) is 0 Å². The fourth-order valence-corrected chi connectivity index (χ4v) is 4.67. The zero-order valence-corrected chi connectivity index (χ0v) is 12.6. The Hall–Kier alpha value is -0.460. The molecule has 1 aromatic rings. The number of nitrogen functional groups attached to an aromatic ring is 1. The summed E-state index contributed by atoms with van der Waals surface area (Å²) in [5.74, 6) is 2.42. The van der Waals surface area contributed by atoms with Crippen molar-refractivity contribution in [3.05, 3.63) is 17.6 Å². The van der Waals surface area contributed by atoms with Crippen LogP contribution in [0.3, 0.4) is 0 Å². The van der Waals surface area contributed by atoms with Gasteiger partial charge in [0.2, 0.25) is 0 Å². The summed E-state index contributed by atoms with van der Waals surface area (Å²) >= 11 is 3.92. The van der Waals surface area contributed by atoms with Crippen molar-refractivity contribution in [2.24, 2.45) is 0 Å². The number of anilines is 1. The van der Waals surface area contributed by atoms with Crippen LogP contribution in [0.5, 0.6) is 0 Å². The van der Waals surface area contributed by atoms with Gasteiger partial charge in [0.1, 0.15) is 11.6 Å². The van der Waals surface area contributed by atoms with Gasteiger partial charge in [-0.3, -0.25) is 0 Å². The molecule has 1 fully saturated rings. The predicted molar refractivity (Wildman–Crippen MR) is 78.9 cm³/mol. The van der Waals surface area contributed by atoms with Crippen molar-refractivity contribution in [1.29, 1.82) is 0 Å². The Balaban J connectivity index is 2.17. The summed E-state index contributed by atoms with van der Waals surface area (Å²) in [5.41, 5.74) is 6.69. The van der Waals surface area contributed by atoms with Gasteiger partial charge in [-0.15, -0.1) is 11.8 Å². The Morgan fingerprint density at radius 1 is 1.39 bits per heavy atom. The van der Waals surface area contributed by atoms with Crippen LogP contribution >= 0.6 is 23.5 Å². The first-order valence-corrected chi connectivity index (χ1v) is 7.98. The SMILES string of the molecule is COCc1cc(N)nc(C2CSC(C)C(C)S2)n1. The Morgan fingerprint density at radius 3 is 2.83 bits per heavy atom. The van der Waals surface area contributed by atoms with Crippen molar-refractivity contribution in [3.63, 3.8) is 0 Å². The van der Waals surface area contributed by atoms with Gasteiger partial charge < -0.3 is 10.5 Å². The molecule has 1 aromatic heterocycles. The Kier molecular flexibility index (Phi) is 4.75. The predicted octanol–water partition coefficient (Wildman–Crippen LogP) is 2.50. The molecular formula is C12H19N3OS2. The molecule has 1 aliphatic heterocycles. The summed E-state index contributed by atoms with van der Waals surface area (Å²) in [6, 6.07) is 1.78. The molecule has 2 heterocycles. The molecule has 0 bridgehead atoms. The first-order valence-electron chi connectivity index (χ1n) is 5.99. The maximum absolute atomic E-state index is 5.84. The van der Waals surface area contributed by atoms with Gasteiger partial charge in [-0.2, -0.15) is 11.8 Å². The molecule has 0 radical (unpaired) electrons. The van der Waals surface area contributed by atoms with E-state index < -0.39 is 0 Å². The van der Waals surface area contributed by atoms with Crippen LogP contribution in [-0.4, -0.2) is 33.3 Å². The lowest BCUT2D eigenvalue weighted by Crippen LogP contribution is -2.23. The summed E-state index contributed by atoms with van der Waals surface area (Å²) in [6.45, 7) is 5.02. The highest BCUT2D eigenvalue weighted by Gasteiger charge is 2.28. The molecule has 0 saturated carbocycles. The summed E-state index contributed by atoms with van der Waals surface area (Å²) in [4.78, 5) is 8.93. The molecule has 3 atom stereocenters. The van der Waals surface area contributed by atoms with E-state index in [1.807, 2.05) is 23.5 Å². The second kappa shape index (κ2) is 6.12. The van der Waals surface area contributed by atoms with Crippen molar-refractivity contribution in [1.82, 2.24) is 9.97 Å². The Morgan fingerprint density at radius 2 is 2.17 bits per heavy atom. The van der Waals surface area contributed by atoms with Gasteiger partial charge in [-0.1, -0.05) is 13.8 Å². The van der Waals surface area contributed by atoms with Gasteiger partial charge in [-0.05, 0) is 0 Å². The molecule has 0 aromatic carbocycles. The van der Waals surface area contributed by atoms with Crippen molar-refractivity contribution < 1.29 is 4.74 Å². The highest BCUT2D eigenvalue weighted by molar-refractivity contribution is 8.07. The third-order valence-electron chi connectivity index (χ3n) is 2.95.